The number of hydrogen-bond donors (Lipinski definition) is 0. The van der Waals surface area contributed by atoms with Gasteiger partial charge in [-0.2, -0.15) is 0 Å². The molecule has 0 N–H and O–H groups in total. The molecule has 4 nitrogen and oxygen atoms in total. The Kier molecular flexibility index (Phi) is 3.68. The highest BCUT2D eigenvalue weighted by Crippen LogP contribution is 2.20. The maximum absolute atomic E-state index is 4.34. The zero-order valence-electron chi connectivity index (χ0n) is 9.71. The van der Waals surface area contributed by atoms with Crippen molar-refractivity contribution in [1.29, 1.82) is 0 Å². The number of pyridine rings is 1. The van der Waals surface area contributed by atoms with Gasteiger partial charge in [0.15, 0.2) is 0 Å². The van der Waals surface area contributed by atoms with Crippen LogP contribution in [0, 0.1) is 0 Å². The molecule has 0 bridgehead atoms. The van der Waals surface area contributed by atoms with Crippen molar-refractivity contribution < 1.29 is 0 Å². The Morgan fingerprint density at radius 2 is 1.88 bits per heavy atom. The van der Waals surface area contributed by atoms with Gasteiger partial charge in [-0.1, -0.05) is 6.07 Å². The predicted octanol–water partition coefficient (Wildman–Crippen LogP) is 2.83. The predicted molar refractivity (Wildman–Crippen MR) is 70.8 cm³/mol. The number of hydrogen-bond acceptors (Lipinski definition) is 4. The van der Waals surface area contributed by atoms with E-state index in [9.17, 15) is 0 Å². The van der Waals surface area contributed by atoms with Crippen molar-refractivity contribution in [2.45, 2.75) is 13.0 Å². The Balaban J connectivity index is 2.20. The van der Waals surface area contributed by atoms with Crippen molar-refractivity contribution >= 4 is 21.9 Å². The van der Waals surface area contributed by atoms with Crippen LogP contribution in [0.5, 0.6) is 0 Å². The summed E-state index contributed by atoms with van der Waals surface area (Å²) in [6.45, 7) is 2.08. The Hall–Kier alpha value is -1.49. The first-order valence-electron chi connectivity index (χ1n) is 5.30. The van der Waals surface area contributed by atoms with Crippen LogP contribution in [0.1, 0.15) is 18.7 Å². The van der Waals surface area contributed by atoms with Crippen LogP contribution in [0.15, 0.2) is 41.3 Å². The molecule has 1 atom stereocenters. The molecule has 2 aromatic heterocycles. The minimum Gasteiger partial charge on any atom is -0.336 e. The molecule has 2 heterocycles. The molecule has 0 aliphatic rings. The van der Waals surface area contributed by atoms with E-state index in [0.29, 0.717) is 5.95 Å². The van der Waals surface area contributed by atoms with Gasteiger partial charge in [0.2, 0.25) is 5.95 Å². The molecule has 0 amide bonds. The molecule has 0 saturated carbocycles. The van der Waals surface area contributed by atoms with Gasteiger partial charge in [0, 0.05) is 25.6 Å². The lowest BCUT2D eigenvalue weighted by atomic mass is 10.2. The van der Waals surface area contributed by atoms with E-state index in [-0.39, 0.29) is 6.04 Å². The number of aromatic nitrogens is 3. The van der Waals surface area contributed by atoms with Crippen molar-refractivity contribution in [3.05, 3.63) is 47.0 Å². The molecule has 0 aliphatic carbocycles. The van der Waals surface area contributed by atoms with Crippen LogP contribution in [0.2, 0.25) is 0 Å². The van der Waals surface area contributed by atoms with Crippen LogP contribution < -0.4 is 4.90 Å². The molecular weight excluding hydrogens is 280 g/mol. The summed E-state index contributed by atoms with van der Waals surface area (Å²) in [5.74, 6) is 0.686. The second-order valence-electron chi connectivity index (χ2n) is 3.74. The molecule has 0 spiro atoms. The van der Waals surface area contributed by atoms with Crippen LogP contribution in [0.25, 0.3) is 0 Å². The lowest BCUT2D eigenvalue weighted by Gasteiger charge is -2.24. The fraction of sp³-hybridized carbons (Fsp3) is 0.250. The van der Waals surface area contributed by atoms with Crippen molar-refractivity contribution in [3.8, 4) is 0 Å². The fourth-order valence-electron chi connectivity index (χ4n) is 1.48. The van der Waals surface area contributed by atoms with Crippen molar-refractivity contribution in [3.63, 3.8) is 0 Å². The molecule has 0 aromatic carbocycles. The van der Waals surface area contributed by atoms with Gasteiger partial charge in [-0.15, -0.1) is 0 Å². The Morgan fingerprint density at radius 3 is 2.47 bits per heavy atom. The summed E-state index contributed by atoms with van der Waals surface area (Å²) in [4.78, 5) is 14.9. The van der Waals surface area contributed by atoms with E-state index in [1.165, 1.54) is 0 Å². The van der Waals surface area contributed by atoms with Gasteiger partial charge in [0.25, 0.3) is 0 Å². The van der Waals surface area contributed by atoms with E-state index in [2.05, 4.69) is 37.8 Å². The first-order valence-corrected chi connectivity index (χ1v) is 6.09. The summed E-state index contributed by atoms with van der Waals surface area (Å²) in [5, 5.41) is 0. The summed E-state index contributed by atoms with van der Waals surface area (Å²) in [7, 11) is 1.96. The van der Waals surface area contributed by atoms with Gasteiger partial charge in [0.05, 0.1) is 16.2 Å². The minimum absolute atomic E-state index is 0.136. The maximum atomic E-state index is 4.34. The van der Waals surface area contributed by atoms with Crippen molar-refractivity contribution in [2.75, 3.05) is 11.9 Å². The van der Waals surface area contributed by atoms with Crippen LogP contribution in [0.3, 0.4) is 0 Å². The summed E-state index contributed by atoms with van der Waals surface area (Å²) >= 11 is 3.32. The molecular formula is C12H13BrN4. The third-order valence-electron chi connectivity index (χ3n) is 2.62. The quantitative estimate of drug-likeness (QED) is 0.872. The van der Waals surface area contributed by atoms with E-state index in [1.807, 2.05) is 30.1 Å². The zero-order chi connectivity index (χ0) is 12.3. The molecule has 0 unspecified atom stereocenters. The Morgan fingerprint density at radius 1 is 1.18 bits per heavy atom. The summed E-state index contributed by atoms with van der Waals surface area (Å²) in [6, 6.07) is 6.03. The second kappa shape index (κ2) is 5.23. The molecule has 2 rings (SSSR count). The normalized spacial score (nSPS) is 12.2. The first-order chi connectivity index (χ1) is 8.18. The standard InChI is InChI=1S/C12H13BrN4/c1-9(11-5-3-4-6-14-11)17(2)12-15-7-10(13)8-16-12/h3-9H,1-2H3/t9-/m0/s1. The molecule has 88 valence electrons. The highest BCUT2D eigenvalue weighted by molar-refractivity contribution is 9.10. The SMILES string of the molecule is C[C@@H](c1ccccn1)N(C)c1ncc(Br)cn1. The Labute approximate surface area is 109 Å². The van der Waals surface area contributed by atoms with Gasteiger partial charge in [-0.25, -0.2) is 9.97 Å². The first kappa shape index (κ1) is 12.0. The number of anilines is 1. The van der Waals surface area contributed by atoms with Crippen molar-refractivity contribution in [2.24, 2.45) is 0 Å². The zero-order valence-corrected chi connectivity index (χ0v) is 11.3. The topological polar surface area (TPSA) is 41.9 Å². The number of rotatable bonds is 3. The van der Waals surface area contributed by atoms with Crippen LogP contribution in [-0.2, 0) is 0 Å². The molecule has 0 fully saturated rings. The molecule has 2 aromatic rings. The van der Waals surface area contributed by atoms with E-state index in [1.54, 1.807) is 18.6 Å². The monoisotopic (exact) mass is 292 g/mol. The Bertz CT molecular complexity index is 472. The van der Waals surface area contributed by atoms with Crippen molar-refractivity contribution in [1.82, 2.24) is 15.0 Å². The molecule has 0 radical (unpaired) electrons. The average Bonchev–Trinajstić information content (AvgIpc) is 2.39. The van der Waals surface area contributed by atoms with E-state index < -0.39 is 0 Å². The largest absolute Gasteiger partial charge is 0.336 e. The summed E-state index contributed by atoms with van der Waals surface area (Å²) in [6.07, 6.45) is 5.27. The highest BCUT2D eigenvalue weighted by atomic mass is 79.9. The van der Waals surface area contributed by atoms with Gasteiger partial charge >= 0.3 is 0 Å². The second-order valence-corrected chi connectivity index (χ2v) is 4.66. The van der Waals surface area contributed by atoms with Crippen LogP contribution in [0.4, 0.5) is 5.95 Å². The number of nitrogens with zero attached hydrogens (tertiary/aromatic N) is 4. The van der Waals surface area contributed by atoms with E-state index in [4.69, 9.17) is 0 Å². The molecule has 0 saturated heterocycles. The summed E-state index contributed by atoms with van der Waals surface area (Å²) in [5.41, 5.74) is 1.00. The third-order valence-corrected chi connectivity index (χ3v) is 3.03. The van der Waals surface area contributed by atoms with Gasteiger partial charge in [-0.3, -0.25) is 4.98 Å². The number of halogens is 1. The fourth-order valence-corrected chi connectivity index (χ4v) is 1.69. The third kappa shape index (κ3) is 2.79. The minimum atomic E-state index is 0.136. The average molecular weight is 293 g/mol. The smallest absolute Gasteiger partial charge is 0.225 e. The molecule has 17 heavy (non-hydrogen) atoms. The van der Waals surface area contributed by atoms with Gasteiger partial charge in [-0.05, 0) is 35.0 Å². The molecule has 0 aliphatic heterocycles. The van der Waals surface area contributed by atoms with Gasteiger partial charge in [0.1, 0.15) is 0 Å². The maximum Gasteiger partial charge on any atom is 0.225 e. The lowest BCUT2D eigenvalue weighted by Crippen LogP contribution is -2.24. The lowest BCUT2D eigenvalue weighted by molar-refractivity contribution is 0.693. The summed E-state index contributed by atoms with van der Waals surface area (Å²) < 4.78 is 0.875. The van der Waals surface area contributed by atoms with E-state index >= 15 is 0 Å². The van der Waals surface area contributed by atoms with E-state index in [0.717, 1.165) is 10.2 Å². The van der Waals surface area contributed by atoms with Gasteiger partial charge < -0.3 is 4.90 Å². The highest BCUT2D eigenvalue weighted by Gasteiger charge is 2.14. The van der Waals surface area contributed by atoms with Crippen LogP contribution in [-0.4, -0.2) is 22.0 Å². The molecule has 5 heteroatoms. The van der Waals surface area contributed by atoms with Crippen LogP contribution >= 0.6 is 15.9 Å².